The summed E-state index contributed by atoms with van der Waals surface area (Å²) in [7, 11) is 0. The van der Waals surface area contributed by atoms with Gasteiger partial charge in [0.2, 0.25) is 17.7 Å². The molecule has 1 saturated heterocycles. The SMILES string of the molecule is CCC1NCC(=O)N(CC(=O)Nc2ccc(Cl)cc2)C1=O. The zero-order valence-electron chi connectivity index (χ0n) is 11.6. The molecule has 1 atom stereocenters. The van der Waals surface area contributed by atoms with Crippen molar-refractivity contribution in [2.75, 3.05) is 18.4 Å². The Balaban J connectivity index is 1.99. The lowest BCUT2D eigenvalue weighted by Gasteiger charge is -2.30. The van der Waals surface area contributed by atoms with Gasteiger partial charge in [0.1, 0.15) is 6.54 Å². The molecule has 1 aromatic carbocycles. The molecule has 0 spiro atoms. The standard InChI is InChI=1S/C14H16ClN3O3/c1-2-11-14(21)18(13(20)7-16-11)8-12(19)17-10-5-3-9(15)4-6-10/h3-6,11,16H,2,7-8H2,1H3,(H,17,19). The van der Waals surface area contributed by atoms with Gasteiger partial charge in [-0.2, -0.15) is 0 Å². The minimum absolute atomic E-state index is 0.0679. The van der Waals surface area contributed by atoms with Crippen molar-refractivity contribution < 1.29 is 14.4 Å². The Morgan fingerprint density at radius 1 is 1.38 bits per heavy atom. The molecule has 112 valence electrons. The van der Waals surface area contributed by atoms with Crippen LogP contribution in [0.15, 0.2) is 24.3 Å². The molecule has 1 fully saturated rings. The summed E-state index contributed by atoms with van der Waals surface area (Å²) in [5.41, 5.74) is 0.562. The van der Waals surface area contributed by atoms with Crippen LogP contribution in [0.1, 0.15) is 13.3 Å². The molecule has 1 aromatic rings. The van der Waals surface area contributed by atoms with Crippen LogP contribution in [0.2, 0.25) is 5.02 Å². The van der Waals surface area contributed by atoms with Gasteiger partial charge in [0, 0.05) is 10.7 Å². The number of halogens is 1. The second-order valence-corrected chi connectivity index (χ2v) is 5.15. The Morgan fingerprint density at radius 3 is 2.67 bits per heavy atom. The predicted octanol–water partition coefficient (Wildman–Crippen LogP) is 1.02. The van der Waals surface area contributed by atoms with E-state index in [2.05, 4.69) is 10.6 Å². The Hall–Kier alpha value is -1.92. The van der Waals surface area contributed by atoms with Crippen molar-refractivity contribution in [2.45, 2.75) is 19.4 Å². The molecule has 1 aliphatic rings. The van der Waals surface area contributed by atoms with Crippen LogP contribution >= 0.6 is 11.6 Å². The summed E-state index contributed by atoms with van der Waals surface area (Å²) < 4.78 is 0. The largest absolute Gasteiger partial charge is 0.325 e. The van der Waals surface area contributed by atoms with Crippen molar-refractivity contribution in [2.24, 2.45) is 0 Å². The summed E-state index contributed by atoms with van der Waals surface area (Å²) in [5, 5.41) is 6.03. The molecule has 1 heterocycles. The van der Waals surface area contributed by atoms with Crippen molar-refractivity contribution in [1.82, 2.24) is 10.2 Å². The predicted molar refractivity (Wildman–Crippen MR) is 78.9 cm³/mol. The van der Waals surface area contributed by atoms with Crippen LogP contribution in [-0.2, 0) is 14.4 Å². The van der Waals surface area contributed by atoms with Crippen LogP contribution in [0.4, 0.5) is 5.69 Å². The fourth-order valence-electron chi connectivity index (χ4n) is 2.07. The Morgan fingerprint density at radius 2 is 2.05 bits per heavy atom. The van der Waals surface area contributed by atoms with Crippen molar-refractivity contribution in [1.29, 1.82) is 0 Å². The van der Waals surface area contributed by atoms with E-state index in [4.69, 9.17) is 11.6 Å². The molecule has 2 N–H and O–H groups in total. The minimum Gasteiger partial charge on any atom is -0.325 e. The fraction of sp³-hybridized carbons (Fsp3) is 0.357. The van der Waals surface area contributed by atoms with Crippen molar-refractivity contribution in [3.8, 4) is 0 Å². The molecule has 1 aliphatic heterocycles. The molecule has 3 amide bonds. The zero-order valence-corrected chi connectivity index (χ0v) is 12.3. The van der Waals surface area contributed by atoms with Gasteiger partial charge in [-0.05, 0) is 30.7 Å². The molecule has 0 aromatic heterocycles. The highest BCUT2D eigenvalue weighted by Gasteiger charge is 2.33. The highest BCUT2D eigenvalue weighted by atomic mass is 35.5. The van der Waals surface area contributed by atoms with Crippen LogP contribution in [-0.4, -0.2) is 41.8 Å². The average molecular weight is 310 g/mol. The summed E-state index contributed by atoms with van der Waals surface area (Å²) in [6.45, 7) is 1.63. The molecule has 6 nitrogen and oxygen atoms in total. The maximum atomic E-state index is 12.0. The second-order valence-electron chi connectivity index (χ2n) is 4.71. The van der Waals surface area contributed by atoms with E-state index in [-0.39, 0.29) is 19.0 Å². The Bertz CT molecular complexity index is 559. The lowest BCUT2D eigenvalue weighted by Crippen LogP contribution is -2.59. The number of amides is 3. The van der Waals surface area contributed by atoms with Gasteiger partial charge in [-0.25, -0.2) is 0 Å². The molecule has 1 unspecified atom stereocenters. The quantitative estimate of drug-likeness (QED) is 0.814. The van der Waals surface area contributed by atoms with E-state index in [1.165, 1.54) is 0 Å². The first-order valence-corrected chi connectivity index (χ1v) is 7.02. The normalized spacial score (nSPS) is 18.8. The molecular weight excluding hydrogens is 294 g/mol. The summed E-state index contributed by atoms with van der Waals surface area (Å²) in [6, 6.07) is 6.18. The van der Waals surface area contributed by atoms with E-state index in [1.807, 2.05) is 6.92 Å². The topological polar surface area (TPSA) is 78.5 Å². The van der Waals surface area contributed by atoms with Crippen LogP contribution in [0.3, 0.4) is 0 Å². The van der Waals surface area contributed by atoms with E-state index in [0.29, 0.717) is 17.1 Å². The first-order valence-electron chi connectivity index (χ1n) is 6.64. The smallest absolute Gasteiger partial charge is 0.246 e. The van der Waals surface area contributed by atoms with Gasteiger partial charge in [-0.3, -0.25) is 24.6 Å². The summed E-state index contributed by atoms with van der Waals surface area (Å²) in [4.78, 5) is 36.7. The molecule has 7 heteroatoms. The van der Waals surface area contributed by atoms with E-state index < -0.39 is 17.9 Å². The summed E-state index contributed by atoms with van der Waals surface area (Å²) in [6.07, 6.45) is 0.571. The monoisotopic (exact) mass is 309 g/mol. The number of benzene rings is 1. The highest BCUT2D eigenvalue weighted by Crippen LogP contribution is 2.13. The number of nitrogens with one attached hydrogen (secondary N) is 2. The number of nitrogens with zero attached hydrogens (tertiary/aromatic N) is 1. The third-order valence-electron chi connectivity index (χ3n) is 3.20. The van der Waals surface area contributed by atoms with Crippen molar-refractivity contribution in [3.63, 3.8) is 0 Å². The maximum Gasteiger partial charge on any atom is 0.246 e. The lowest BCUT2D eigenvalue weighted by atomic mass is 10.1. The third kappa shape index (κ3) is 3.80. The van der Waals surface area contributed by atoms with E-state index in [1.54, 1.807) is 24.3 Å². The molecule has 0 aliphatic carbocycles. The lowest BCUT2D eigenvalue weighted by molar-refractivity contribution is -0.151. The third-order valence-corrected chi connectivity index (χ3v) is 3.45. The summed E-state index contributed by atoms with van der Waals surface area (Å²) >= 11 is 5.76. The van der Waals surface area contributed by atoms with Gasteiger partial charge in [-0.15, -0.1) is 0 Å². The first kappa shape index (κ1) is 15.5. The van der Waals surface area contributed by atoms with Crippen LogP contribution in [0.25, 0.3) is 0 Å². The Kier molecular flexibility index (Phi) is 4.93. The molecule has 0 saturated carbocycles. The van der Waals surface area contributed by atoms with Gasteiger partial charge in [0.25, 0.3) is 0 Å². The highest BCUT2D eigenvalue weighted by molar-refractivity contribution is 6.30. The minimum atomic E-state index is -0.421. The molecule has 0 bridgehead atoms. The molecular formula is C14H16ClN3O3. The number of anilines is 1. The number of hydrogen-bond acceptors (Lipinski definition) is 4. The van der Waals surface area contributed by atoms with Crippen molar-refractivity contribution in [3.05, 3.63) is 29.3 Å². The number of hydrogen-bond donors (Lipinski definition) is 2. The van der Waals surface area contributed by atoms with Gasteiger partial charge in [-0.1, -0.05) is 18.5 Å². The molecule has 0 radical (unpaired) electrons. The average Bonchev–Trinajstić information content (AvgIpc) is 2.46. The van der Waals surface area contributed by atoms with Crippen LogP contribution in [0, 0.1) is 0 Å². The number of imide groups is 1. The molecule has 2 rings (SSSR count). The van der Waals surface area contributed by atoms with Gasteiger partial charge < -0.3 is 5.32 Å². The zero-order chi connectivity index (χ0) is 15.4. The van der Waals surface area contributed by atoms with Gasteiger partial charge in [0.15, 0.2) is 0 Å². The van der Waals surface area contributed by atoms with Crippen LogP contribution in [0.5, 0.6) is 0 Å². The van der Waals surface area contributed by atoms with Crippen LogP contribution < -0.4 is 10.6 Å². The molecule has 21 heavy (non-hydrogen) atoms. The van der Waals surface area contributed by atoms with Gasteiger partial charge >= 0.3 is 0 Å². The Labute approximate surface area is 127 Å². The number of carbonyl (C=O) groups is 3. The van der Waals surface area contributed by atoms with E-state index >= 15 is 0 Å². The van der Waals surface area contributed by atoms with Gasteiger partial charge in [0.05, 0.1) is 12.6 Å². The van der Waals surface area contributed by atoms with E-state index in [9.17, 15) is 14.4 Å². The maximum absolute atomic E-state index is 12.0. The first-order chi connectivity index (χ1) is 10.0. The van der Waals surface area contributed by atoms with Crippen molar-refractivity contribution >= 4 is 35.0 Å². The number of piperazine rings is 1. The number of carbonyl (C=O) groups excluding carboxylic acids is 3. The second kappa shape index (κ2) is 6.69. The number of rotatable bonds is 4. The fourth-order valence-corrected chi connectivity index (χ4v) is 2.19. The summed E-state index contributed by atoms with van der Waals surface area (Å²) in [5.74, 6) is -1.17. The van der Waals surface area contributed by atoms with E-state index in [0.717, 1.165) is 4.90 Å².